The number of aryl methyl sites for hydroxylation is 1. The van der Waals surface area contributed by atoms with Gasteiger partial charge in [-0.2, -0.15) is 0 Å². The summed E-state index contributed by atoms with van der Waals surface area (Å²) in [5.41, 5.74) is 2.85. The highest BCUT2D eigenvalue weighted by molar-refractivity contribution is 9.10. The SMILES string of the molecule is CCn1cc(Br)cc1C(=O)NOC. The van der Waals surface area contributed by atoms with Gasteiger partial charge in [0.1, 0.15) is 5.69 Å². The van der Waals surface area contributed by atoms with Gasteiger partial charge in [-0.05, 0) is 28.9 Å². The molecular formula is C8H11BrN2O2. The smallest absolute Gasteiger partial charge is 0.291 e. The molecule has 13 heavy (non-hydrogen) atoms. The van der Waals surface area contributed by atoms with Crippen molar-refractivity contribution in [3.8, 4) is 0 Å². The molecule has 0 atom stereocenters. The number of aromatic nitrogens is 1. The highest BCUT2D eigenvalue weighted by Gasteiger charge is 2.11. The lowest BCUT2D eigenvalue weighted by Gasteiger charge is -2.04. The Bertz CT molecular complexity index is 309. The Labute approximate surface area is 85.0 Å². The van der Waals surface area contributed by atoms with Crippen LogP contribution in [0, 0.1) is 0 Å². The average Bonchev–Trinajstić information content (AvgIpc) is 2.47. The van der Waals surface area contributed by atoms with E-state index in [0.717, 1.165) is 11.0 Å². The molecule has 0 bridgehead atoms. The van der Waals surface area contributed by atoms with Crippen LogP contribution in [0.4, 0.5) is 0 Å². The van der Waals surface area contributed by atoms with E-state index in [0.29, 0.717) is 5.69 Å². The van der Waals surface area contributed by atoms with Gasteiger partial charge in [-0.15, -0.1) is 0 Å². The van der Waals surface area contributed by atoms with E-state index in [4.69, 9.17) is 0 Å². The number of hydrogen-bond donors (Lipinski definition) is 1. The van der Waals surface area contributed by atoms with E-state index in [9.17, 15) is 4.79 Å². The number of carbonyl (C=O) groups is 1. The normalized spacial score (nSPS) is 10.1. The van der Waals surface area contributed by atoms with Gasteiger partial charge in [0.25, 0.3) is 5.91 Å². The summed E-state index contributed by atoms with van der Waals surface area (Å²) in [5.74, 6) is -0.241. The Morgan fingerprint density at radius 3 is 3.00 bits per heavy atom. The maximum absolute atomic E-state index is 11.4. The molecule has 0 aliphatic carbocycles. The first kappa shape index (κ1) is 10.3. The molecule has 0 fully saturated rings. The molecule has 1 aromatic heterocycles. The number of nitrogens with one attached hydrogen (secondary N) is 1. The van der Waals surface area contributed by atoms with Gasteiger partial charge in [0.15, 0.2) is 0 Å². The van der Waals surface area contributed by atoms with Gasteiger partial charge in [0, 0.05) is 17.2 Å². The number of halogens is 1. The Hall–Kier alpha value is -0.810. The molecule has 1 N–H and O–H groups in total. The van der Waals surface area contributed by atoms with E-state index in [1.807, 2.05) is 17.7 Å². The van der Waals surface area contributed by atoms with Gasteiger partial charge in [-0.3, -0.25) is 9.63 Å². The molecule has 72 valence electrons. The van der Waals surface area contributed by atoms with Crippen molar-refractivity contribution >= 4 is 21.8 Å². The van der Waals surface area contributed by atoms with Gasteiger partial charge >= 0.3 is 0 Å². The zero-order valence-corrected chi connectivity index (χ0v) is 9.09. The third-order valence-corrected chi connectivity index (χ3v) is 2.06. The summed E-state index contributed by atoms with van der Waals surface area (Å²) in [6.45, 7) is 2.72. The molecule has 0 aliphatic rings. The quantitative estimate of drug-likeness (QED) is 0.823. The highest BCUT2D eigenvalue weighted by Crippen LogP contribution is 2.14. The van der Waals surface area contributed by atoms with Crippen LogP contribution >= 0.6 is 15.9 Å². The molecule has 0 spiro atoms. The maximum Gasteiger partial charge on any atom is 0.291 e. The Morgan fingerprint density at radius 1 is 1.77 bits per heavy atom. The topological polar surface area (TPSA) is 43.3 Å². The number of nitrogens with zero attached hydrogens (tertiary/aromatic N) is 1. The number of amides is 1. The van der Waals surface area contributed by atoms with Crippen LogP contribution in [0.5, 0.6) is 0 Å². The number of rotatable bonds is 3. The van der Waals surface area contributed by atoms with Crippen LogP contribution in [0.3, 0.4) is 0 Å². The first-order valence-electron chi connectivity index (χ1n) is 3.88. The third kappa shape index (κ3) is 2.32. The zero-order chi connectivity index (χ0) is 9.84. The molecule has 1 heterocycles. The minimum atomic E-state index is -0.241. The summed E-state index contributed by atoms with van der Waals surface area (Å²) < 4.78 is 2.72. The van der Waals surface area contributed by atoms with Crippen LogP contribution in [0.2, 0.25) is 0 Å². The van der Waals surface area contributed by atoms with Crippen LogP contribution in [0.1, 0.15) is 17.4 Å². The van der Waals surface area contributed by atoms with Gasteiger partial charge in [-0.25, -0.2) is 5.48 Å². The summed E-state index contributed by atoms with van der Waals surface area (Å²) >= 11 is 3.30. The number of hydroxylamine groups is 1. The van der Waals surface area contributed by atoms with E-state index in [-0.39, 0.29) is 5.91 Å². The Balaban J connectivity index is 2.91. The molecule has 1 rings (SSSR count). The molecule has 0 aromatic carbocycles. The number of hydrogen-bond acceptors (Lipinski definition) is 2. The molecule has 1 aromatic rings. The summed E-state index contributed by atoms with van der Waals surface area (Å²) in [4.78, 5) is 15.9. The van der Waals surface area contributed by atoms with E-state index in [1.165, 1.54) is 7.11 Å². The molecular weight excluding hydrogens is 236 g/mol. The summed E-state index contributed by atoms with van der Waals surface area (Å²) in [6, 6.07) is 1.75. The first-order chi connectivity index (χ1) is 6.19. The standard InChI is InChI=1S/C8H11BrN2O2/c1-3-11-5-6(9)4-7(11)8(12)10-13-2/h4-5H,3H2,1-2H3,(H,10,12). The van der Waals surface area contributed by atoms with Crippen molar-refractivity contribution in [1.29, 1.82) is 0 Å². The van der Waals surface area contributed by atoms with Gasteiger partial charge < -0.3 is 4.57 Å². The van der Waals surface area contributed by atoms with Crippen molar-refractivity contribution in [2.45, 2.75) is 13.5 Å². The van der Waals surface area contributed by atoms with Crippen molar-refractivity contribution in [3.63, 3.8) is 0 Å². The maximum atomic E-state index is 11.4. The summed E-state index contributed by atoms with van der Waals surface area (Å²) in [6.07, 6.45) is 1.85. The largest absolute Gasteiger partial charge is 0.343 e. The average molecular weight is 247 g/mol. The van der Waals surface area contributed by atoms with Gasteiger partial charge in [0.2, 0.25) is 0 Å². The fourth-order valence-electron chi connectivity index (χ4n) is 1.07. The molecule has 5 heteroatoms. The molecule has 1 amide bonds. The number of carbonyl (C=O) groups excluding carboxylic acids is 1. The predicted octanol–water partition coefficient (Wildman–Crippen LogP) is 1.56. The monoisotopic (exact) mass is 246 g/mol. The van der Waals surface area contributed by atoms with E-state index < -0.39 is 0 Å². The van der Waals surface area contributed by atoms with Gasteiger partial charge in [0.05, 0.1) is 7.11 Å². The minimum absolute atomic E-state index is 0.241. The van der Waals surface area contributed by atoms with Crippen LogP contribution in [-0.2, 0) is 11.4 Å². The summed E-state index contributed by atoms with van der Waals surface area (Å²) in [7, 11) is 1.41. The van der Waals surface area contributed by atoms with Crippen molar-refractivity contribution in [2.24, 2.45) is 0 Å². The molecule has 0 aliphatic heterocycles. The Kier molecular flexibility index (Phi) is 3.50. The lowest BCUT2D eigenvalue weighted by molar-refractivity contribution is 0.0528. The lowest BCUT2D eigenvalue weighted by Crippen LogP contribution is -2.24. The first-order valence-corrected chi connectivity index (χ1v) is 4.67. The fraction of sp³-hybridized carbons (Fsp3) is 0.375. The lowest BCUT2D eigenvalue weighted by atomic mass is 10.4. The zero-order valence-electron chi connectivity index (χ0n) is 7.50. The summed E-state index contributed by atoms with van der Waals surface area (Å²) in [5, 5.41) is 0. The predicted molar refractivity (Wildman–Crippen MR) is 52.3 cm³/mol. The Morgan fingerprint density at radius 2 is 2.46 bits per heavy atom. The molecule has 4 nitrogen and oxygen atoms in total. The van der Waals surface area contributed by atoms with Crippen LogP contribution in [0.15, 0.2) is 16.7 Å². The molecule has 0 radical (unpaired) electrons. The second kappa shape index (κ2) is 4.43. The van der Waals surface area contributed by atoms with Crippen molar-refractivity contribution in [2.75, 3.05) is 7.11 Å². The minimum Gasteiger partial charge on any atom is -0.343 e. The van der Waals surface area contributed by atoms with Crippen molar-refractivity contribution in [3.05, 3.63) is 22.4 Å². The second-order valence-corrected chi connectivity index (χ2v) is 3.38. The fourth-order valence-corrected chi connectivity index (χ4v) is 1.54. The van der Waals surface area contributed by atoms with E-state index in [2.05, 4.69) is 26.2 Å². The van der Waals surface area contributed by atoms with E-state index >= 15 is 0 Å². The third-order valence-electron chi connectivity index (χ3n) is 1.63. The highest BCUT2D eigenvalue weighted by atomic mass is 79.9. The van der Waals surface area contributed by atoms with Crippen LogP contribution in [-0.4, -0.2) is 17.6 Å². The van der Waals surface area contributed by atoms with Crippen LogP contribution in [0.25, 0.3) is 0 Å². The second-order valence-electron chi connectivity index (χ2n) is 2.46. The molecule has 0 saturated carbocycles. The van der Waals surface area contributed by atoms with E-state index in [1.54, 1.807) is 6.07 Å². The van der Waals surface area contributed by atoms with Crippen molar-refractivity contribution < 1.29 is 9.63 Å². The van der Waals surface area contributed by atoms with Crippen LogP contribution < -0.4 is 5.48 Å². The van der Waals surface area contributed by atoms with Gasteiger partial charge in [-0.1, -0.05) is 0 Å². The van der Waals surface area contributed by atoms with Crippen molar-refractivity contribution in [1.82, 2.24) is 10.0 Å². The molecule has 0 unspecified atom stereocenters. The molecule has 0 saturated heterocycles.